The first-order valence-corrected chi connectivity index (χ1v) is 5.38. The lowest BCUT2D eigenvalue weighted by Crippen LogP contribution is -2.11. The van der Waals surface area contributed by atoms with Crippen LogP contribution in [0.2, 0.25) is 0 Å². The van der Waals surface area contributed by atoms with Gasteiger partial charge in [0, 0.05) is 5.41 Å². The molecular formula is C13H14O. The van der Waals surface area contributed by atoms with Crippen LogP contribution in [0.4, 0.5) is 0 Å². The Labute approximate surface area is 84.1 Å². The number of hydrogen-bond donors (Lipinski definition) is 0. The first-order chi connectivity index (χ1) is 6.83. The van der Waals surface area contributed by atoms with E-state index in [1.165, 1.54) is 17.4 Å². The van der Waals surface area contributed by atoms with E-state index in [1.807, 2.05) is 0 Å². The van der Waals surface area contributed by atoms with Crippen molar-refractivity contribution in [1.82, 2.24) is 0 Å². The standard InChI is InChI=1S/C13H14O/c1-2-11-9-5-3-4-6-10(9)12-7-13(11,12)8-14/h3-6,8,11-12H,2,7H2,1H3/t11-,12+,13+/m1/s1. The van der Waals surface area contributed by atoms with Gasteiger partial charge in [-0.05, 0) is 35.8 Å². The Morgan fingerprint density at radius 1 is 1.43 bits per heavy atom. The van der Waals surface area contributed by atoms with E-state index >= 15 is 0 Å². The zero-order chi connectivity index (χ0) is 9.76. The van der Waals surface area contributed by atoms with Gasteiger partial charge in [-0.15, -0.1) is 0 Å². The highest BCUT2D eigenvalue weighted by Gasteiger charge is 2.64. The normalized spacial score (nSPS) is 37.5. The maximum atomic E-state index is 11.2. The number of aldehydes is 1. The molecule has 3 atom stereocenters. The Kier molecular flexibility index (Phi) is 1.45. The predicted octanol–water partition coefficient (Wildman–Crippen LogP) is 2.87. The second-order valence-electron chi connectivity index (χ2n) is 4.58. The van der Waals surface area contributed by atoms with Crippen LogP contribution < -0.4 is 0 Å². The molecule has 0 spiro atoms. The smallest absolute Gasteiger partial charge is 0.127 e. The van der Waals surface area contributed by atoms with Gasteiger partial charge in [-0.2, -0.15) is 0 Å². The topological polar surface area (TPSA) is 17.1 Å². The molecule has 14 heavy (non-hydrogen) atoms. The summed E-state index contributed by atoms with van der Waals surface area (Å²) in [6.07, 6.45) is 3.39. The Bertz CT molecular complexity index is 396. The molecule has 0 unspecified atom stereocenters. The van der Waals surface area contributed by atoms with Crippen LogP contribution in [-0.2, 0) is 4.79 Å². The molecule has 0 bridgehead atoms. The van der Waals surface area contributed by atoms with E-state index in [2.05, 4.69) is 31.2 Å². The minimum absolute atomic E-state index is 0.00155. The molecule has 0 aromatic heterocycles. The van der Waals surface area contributed by atoms with E-state index in [1.54, 1.807) is 0 Å². The highest BCUT2D eigenvalue weighted by Crippen LogP contribution is 2.72. The van der Waals surface area contributed by atoms with Gasteiger partial charge < -0.3 is 4.79 Å². The molecule has 1 aromatic rings. The fourth-order valence-corrected chi connectivity index (χ4v) is 3.33. The second kappa shape index (κ2) is 2.47. The van der Waals surface area contributed by atoms with Gasteiger partial charge in [0.05, 0.1) is 0 Å². The fourth-order valence-electron chi connectivity index (χ4n) is 3.33. The van der Waals surface area contributed by atoms with Gasteiger partial charge >= 0.3 is 0 Å². The summed E-state index contributed by atoms with van der Waals surface area (Å²) in [7, 11) is 0. The summed E-state index contributed by atoms with van der Waals surface area (Å²) in [6, 6.07) is 8.57. The summed E-state index contributed by atoms with van der Waals surface area (Å²) in [4.78, 5) is 11.2. The largest absolute Gasteiger partial charge is 0.303 e. The third kappa shape index (κ3) is 0.742. The number of fused-ring (bicyclic) bond motifs is 3. The summed E-state index contributed by atoms with van der Waals surface area (Å²) in [5.41, 5.74) is 2.86. The van der Waals surface area contributed by atoms with Gasteiger partial charge in [0.2, 0.25) is 0 Å². The van der Waals surface area contributed by atoms with Crippen molar-refractivity contribution in [2.24, 2.45) is 5.41 Å². The molecule has 1 saturated carbocycles. The van der Waals surface area contributed by atoms with E-state index in [9.17, 15) is 4.79 Å². The van der Waals surface area contributed by atoms with Crippen LogP contribution in [0.1, 0.15) is 42.7 Å². The zero-order valence-corrected chi connectivity index (χ0v) is 8.36. The second-order valence-corrected chi connectivity index (χ2v) is 4.58. The molecule has 0 amide bonds. The fraction of sp³-hybridized carbons (Fsp3) is 0.462. The van der Waals surface area contributed by atoms with Crippen molar-refractivity contribution < 1.29 is 4.79 Å². The minimum atomic E-state index is -0.00155. The van der Waals surface area contributed by atoms with Crippen LogP contribution in [-0.4, -0.2) is 6.29 Å². The van der Waals surface area contributed by atoms with Gasteiger partial charge in [-0.25, -0.2) is 0 Å². The van der Waals surface area contributed by atoms with Gasteiger partial charge in [-0.1, -0.05) is 31.2 Å². The molecule has 2 aliphatic rings. The molecule has 1 nitrogen and oxygen atoms in total. The molecule has 1 heteroatoms. The van der Waals surface area contributed by atoms with Crippen LogP contribution in [0.15, 0.2) is 24.3 Å². The molecular weight excluding hydrogens is 172 g/mol. The number of benzene rings is 1. The lowest BCUT2D eigenvalue weighted by Gasteiger charge is -2.17. The van der Waals surface area contributed by atoms with Gasteiger partial charge in [-0.3, -0.25) is 0 Å². The maximum Gasteiger partial charge on any atom is 0.127 e. The van der Waals surface area contributed by atoms with Crippen LogP contribution in [0.5, 0.6) is 0 Å². The summed E-state index contributed by atoms with van der Waals surface area (Å²) in [5.74, 6) is 1.03. The average molecular weight is 186 g/mol. The van der Waals surface area contributed by atoms with Crippen molar-refractivity contribution in [3.8, 4) is 0 Å². The first-order valence-electron chi connectivity index (χ1n) is 5.38. The summed E-state index contributed by atoms with van der Waals surface area (Å²) in [5, 5.41) is 0. The lowest BCUT2D eigenvalue weighted by molar-refractivity contribution is -0.112. The van der Waals surface area contributed by atoms with Crippen molar-refractivity contribution in [3.05, 3.63) is 35.4 Å². The Morgan fingerprint density at radius 2 is 2.14 bits per heavy atom. The molecule has 1 fully saturated rings. The summed E-state index contributed by atoms with van der Waals surface area (Å²) >= 11 is 0. The Hall–Kier alpha value is -1.11. The van der Waals surface area contributed by atoms with Crippen molar-refractivity contribution in [1.29, 1.82) is 0 Å². The van der Waals surface area contributed by atoms with E-state index in [4.69, 9.17) is 0 Å². The van der Waals surface area contributed by atoms with Crippen molar-refractivity contribution in [2.75, 3.05) is 0 Å². The molecule has 0 N–H and O–H groups in total. The van der Waals surface area contributed by atoms with E-state index < -0.39 is 0 Å². The van der Waals surface area contributed by atoms with E-state index in [0.717, 1.165) is 12.8 Å². The Morgan fingerprint density at radius 3 is 2.79 bits per heavy atom. The highest BCUT2D eigenvalue weighted by molar-refractivity contribution is 5.74. The first kappa shape index (κ1) is 8.22. The molecule has 72 valence electrons. The van der Waals surface area contributed by atoms with Crippen molar-refractivity contribution in [3.63, 3.8) is 0 Å². The molecule has 1 aromatic carbocycles. The number of rotatable bonds is 2. The van der Waals surface area contributed by atoms with Crippen LogP contribution in [0.25, 0.3) is 0 Å². The lowest BCUT2D eigenvalue weighted by atomic mass is 9.86. The molecule has 2 aliphatic carbocycles. The average Bonchev–Trinajstić information content (AvgIpc) is 2.91. The van der Waals surface area contributed by atoms with Gasteiger partial charge in [0.15, 0.2) is 0 Å². The monoisotopic (exact) mass is 186 g/mol. The predicted molar refractivity (Wildman–Crippen MR) is 55.3 cm³/mol. The van der Waals surface area contributed by atoms with Gasteiger partial charge in [0.25, 0.3) is 0 Å². The number of carbonyl (C=O) groups is 1. The molecule has 0 saturated heterocycles. The third-order valence-corrected chi connectivity index (χ3v) is 4.07. The Balaban J connectivity index is 2.15. The quantitative estimate of drug-likeness (QED) is 0.649. The van der Waals surface area contributed by atoms with E-state index in [-0.39, 0.29) is 5.41 Å². The van der Waals surface area contributed by atoms with Crippen LogP contribution >= 0.6 is 0 Å². The van der Waals surface area contributed by atoms with Crippen molar-refractivity contribution in [2.45, 2.75) is 31.6 Å². The number of carbonyl (C=O) groups excluding carboxylic acids is 1. The third-order valence-electron chi connectivity index (χ3n) is 4.07. The highest BCUT2D eigenvalue weighted by atomic mass is 16.1. The summed E-state index contributed by atoms with van der Waals surface area (Å²) in [6.45, 7) is 2.19. The maximum absolute atomic E-state index is 11.2. The molecule has 3 rings (SSSR count). The zero-order valence-electron chi connectivity index (χ0n) is 8.36. The SMILES string of the molecule is CC[C@@H]1c2ccccc2[C@@H]2C[C@]12C=O. The summed E-state index contributed by atoms with van der Waals surface area (Å²) < 4.78 is 0. The van der Waals surface area contributed by atoms with Gasteiger partial charge in [0.1, 0.15) is 6.29 Å². The molecule has 0 aliphatic heterocycles. The van der Waals surface area contributed by atoms with Crippen LogP contribution in [0.3, 0.4) is 0 Å². The minimum Gasteiger partial charge on any atom is -0.303 e. The van der Waals surface area contributed by atoms with Crippen LogP contribution in [0, 0.1) is 5.41 Å². The molecule has 0 heterocycles. The van der Waals surface area contributed by atoms with E-state index in [0.29, 0.717) is 11.8 Å². The molecule has 0 radical (unpaired) electrons. The van der Waals surface area contributed by atoms with Crippen molar-refractivity contribution >= 4 is 6.29 Å². The number of hydrogen-bond acceptors (Lipinski definition) is 1.